The summed E-state index contributed by atoms with van der Waals surface area (Å²) in [5.74, 6) is 0.952. The van der Waals surface area contributed by atoms with Crippen molar-refractivity contribution in [1.82, 2.24) is 0 Å². The average Bonchev–Trinajstić information content (AvgIpc) is 2.61. The topological polar surface area (TPSA) is 26.3 Å². The van der Waals surface area contributed by atoms with Crippen molar-refractivity contribution in [1.29, 1.82) is 0 Å². The van der Waals surface area contributed by atoms with Crippen LogP contribution in [0.3, 0.4) is 0 Å². The summed E-state index contributed by atoms with van der Waals surface area (Å²) in [5.41, 5.74) is 2.26. The summed E-state index contributed by atoms with van der Waals surface area (Å²) in [5, 5.41) is 0. The van der Waals surface area contributed by atoms with Crippen molar-refractivity contribution in [2.45, 2.75) is 6.42 Å². The largest absolute Gasteiger partial charge is 0.493 e. The van der Waals surface area contributed by atoms with Gasteiger partial charge in [0, 0.05) is 6.42 Å². The van der Waals surface area contributed by atoms with Crippen LogP contribution in [0.15, 0.2) is 24.3 Å². The molecule has 0 N–H and O–H groups in total. The van der Waals surface area contributed by atoms with Gasteiger partial charge in [0.1, 0.15) is 12.0 Å². The molecule has 0 atom stereocenters. The number of hydrogen-bond acceptors (Lipinski definition) is 2. The predicted molar refractivity (Wildman–Crippen MR) is 50.7 cm³/mol. The van der Waals surface area contributed by atoms with Crippen LogP contribution >= 0.6 is 0 Å². The van der Waals surface area contributed by atoms with Crippen LogP contribution in [0.5, 0.6) is 5.75 Å². The van der Waals surface area contributed by atoms with Gasteiger partial charge in [-0.05, 0) is 23.3 Å². The van der Waals surface area contributed by atoms with Crippen molar-refractivity contribution in [3.8, 4) is 5.75 Å². The Balaban J connectivity index is 2.30. The molecule has 0 amide bonds. The molecule has 0 fully saturated rings. The van der Waals surface area contributed by atoms with Crippen LogP contribution in [0.2, 0.25) is 0 Å². The van der Waals surface area contributed by atoms with E-state index in [9.17, 15) is 4.79 Å². The van der Waals surface area contributed by atoms with Crippen LogP contribution in [0.25, 0.3) is 6.08 Å². The van der Waals surface area contributed by atoms with Crippen molar-refractivity contribution in [3.63, 3.8) is 0 Å². The highest BCUT2D eigenvalue weighted by atomic mass is 16.5. The van der Waals surface area contributed by atoms with Crippen molar-refractivity contribution < 1.29 is 9.53 Å². The summed E-state index contributed by atoms with van der Waals surface area (Å²) < 4.78 is 5.40. The quantitative estimate of drug-likeness (QED) is 0.505. The Morgan fingerprint density at radius 2 is 2.31 bits per heavy atom. The number of carbonyl (C=O) groups excluding carboxylic acids is 1. The third kappa shape index (κ3) is 1.61. The summed E-state index contributed by atoms with van der Waals surface area (Å²) in [6.07, 6.45) is 5.02. The molecular weight excluding hydrogens is 164 g/mol. The lowest BCUT2D eigenvalue weighted by atomic mass is 10.1. The molecule has 0 radical (unpaired) electrons. The van der Waals surface area contributed by atoms with E-state index in [0.29, 0.717) is 0 Å². The van der Waals surface area contributed by atoms with E-state index in [-0.39, 0.29) is 0 Å². The molecule has 0 unspecified atom stereocenters. The van der Waals surface area contributed by atoms with Gasteiger partial charge < -0.3 is 4.74 Å². The molecular formula is C11H10O2. The van der Waals surface area contributed by atoms with E-state index in [1.54, 1.807) is 6.08 Å². The summed E-state index contributed by atoms with van der Waals surface area (Å²) in [6.45, 7) is 0.774. The van der Waals surface area contributed by atoms with Gasteiger partial charge in [-0.3, -0.25) is 4.79 Å². The molecule has 1 aliphatic heterocycles. The second-order valence-corrected chi connectivity index (χ2v) is 2.96. The molecule has 2 nitrogen and oxygen atoms in total. The van der Waals surface area contributed by atoms with Gasteiger partial charge >= 0.3 is 0 Å². The average molecular weight is 174 g/mol. The number of carbonyl (C=O) groups is 1. The highest BCUT2D eigenvalue weighted by molar-refractivity contribution is 5.74. The Morgan fingerprint density at radius 1 is 1.38 bits per heavy atom. The first-order valence-corrected chi connectivity index (χ1v) is 4.28. The lowest BCUT2D eigenvalue weighted by Gasteiger charge is -1.99. The van der Waals surface area contributed by atoms with E-state index in [1.807, 2.05) is 18.2 Å². The van der Waals surface area contributed by atoms with Crippen LogP contribution in [0.4, 0.5) is 0 Å². The number of fused-ring (bicyclic) bond motifs is 1. The molecule has 0 saturated carbocycles. The zero-order valence-electron chi connectivity index (χ0n) is 7.19. The van der Waals surface area contributed by atoms with E-state index >= 15 is 0 Å². The lowest BCUT2D eigenvalue weighted by Crippen LogP contribution is -1.86. The standard InChI is InChI=1S/C11H10O2/c12-6-1-2-9-3-4-10-5-7-13-11(10)8-9/h1-4,6,8H,5,7H2/b2-1+. The Bertz CT molecular complexity index is 353. The molecule has 0 bridgehead atoms. The van der Waals surface area contributed by atoms with Gasteiger partial charge in [-0.25, -0.2) is 0 Å². The molecule has 0 saturated heterocycles. The third-order valence-electron chi connectivity index (χ3n) is 2.09. The Hall–Kier alpha value is -1.57. The fraction of sp³-hybridized carbons (Fsp3) is 0.182. The molecule has 2 rings (SSSR count). The minimum absolute atomic E-state index is 0.772. The molecule has 0 aliphatic carbocycles. The van der Waals surface area contributed by atoms with Crippen molar-refractivity contribution >= 4 is 12.4 Å². The number of hydrogen-bond donors (Lipinski definition) is 0. The van der Waals surface area contributed by atoms with Crippen LogP contribution in [0, 0.1) is 0 Å². The lowest BCUT2D eigenvalue weighted by molar-refractivity contribution is -0.104. The zero-order valence-corrected chi connectivity index (χ0v) is 7.19. The fourth-order valence-corrected chi connectivity index (χ4v) is 1.44. The molecule has 1 aromatic rings. The highest BCUT2D eigenvalue weighted by Crippen LogP contribution is 2.26. The van der Waals surface area contributed by atoms with Gasteiger partial charge in [-0.2, -0.15) is 0 Å². The van der Waals surface area contributed by atoms with E-state index in [2.05, 4.69) is 0 Å². The first-order chi connectivity index (χ1) is 6.40. The zero-order chi connectivity index (χ0) is 9.10. The van der Waals surface area contributed by atoms with Gasteiger partial charge in [0.25, 0.3) is 0 Å². The van der Waals surface area contributed by atoms with Crippen LogP contribution in [0.1, 0.15) is 11.1 Å². The first kappa shape index (κ1) is 8.05. The Labute approximate surface area is 76.8 Å². The second kappa shape index (κ2) is 3.44. The summed E-state index contributed by atoms with van der Waals surface area (Å²) >= 11 is 0. The minimum atomic E-state index is 0.772. The van der Waals surface area contributed by atoms with E-state index < -0.39 is 0 Å². The minimum Gasteiger partial charge on any atom is -0.493 e. The van der Waals surface area contributed by atoms with E-state index in [4.69, 9.17) is 4.74 Å². The Kier molecular flexibility index (Phi) is 2.13. The van der Waals surface area contributed by atoms with Gasteiger partial charge in [-0.15, -0.1) is 0 Å². The first-order valence-electron chi connectivity index (χ1n) is 4.28. The molecule has 66 valence electrons. The molecule has 2 heteroatoms. The number of ether oxygens (including phenoxy) is 1. The number of rotatable bonds is 2. The van der Waals surface area contributed by atoms with Crippen LogP contribution in [-0.4, -0.2) is 12.9 Å². The van der Waals surface area contributed by atoms with Gasteiger partial charge in [-0.1, -0.05) is 18.2 Å². The molecule has 0 spiro atoms. The smallest absolute Gasteiger partial charge is 0.142 e. The van der Waals surface area contributed by atoms with Crippen molar-refractivity contribution in [2.24, 2.45) is 0 Å². The monoisotopic (exact) mass is 174 g/mol. The number of benzene rings is 1. The molecule has 1 aliphatic rings. The van der Waals surface area contributed by atoms with Crippen molar-refractivity contribution in [3.05, 3.63) is 35.4 Å². The second-order valence-electron chi connectivity index (χ2n) is 2.96. The third-order valence-corrected chi connectivity index (χ3v) is 2.09. The van der Waals surface area contributed by atoms with Crippen molar-refractivity contribution in [2.75, 3.05) is 6.61 Å². The normalized spacial score (nSPS) is 14.2. The summed E-state index contributed by atoms with van der Waals surface area (Å²) in [4.78, 5) is 10.1. The maximum atomic E-state index is 10.1. The highest BCUT2D eigenvalue weighted by Gasteiger charge is 2.10. The van der Waals surface area contributed by atoms with Gasteiger partial charge in [0.05, 0.1) is 6.61 Å². The van der Waals surface area contributed by atoms with Crippen LogP contribution < -0.4 is 4.74 Å². The molecule has 0 aromatic heterocycles. The summed E-state index contributed by atoms with van der Waals surface area (Å²) in [7, 11) is 0. The molecule has 1 heterocycles. The predicted octanol–water partition coefficient (Wildman–Crippen LogP) is 1.83. The SMILES string of the molecule is O=C/C=C/c1ccc2c(c1)OCC2. The molecule has 13 heavy (non-hydrogen) atoms. The summed E-state index contributed by atoms with van der Waals surface area (Å²) in [6, 6.07) is 6.00. The van der Waals surface area contributed by atoms with Gasteiger partial charge in [0.15, 0.2) is 0 Å². The van der Waals surface area contributed by atoms with Crippen LogP contribution in [-0.2, 0) is 11.2 Å². The van der Waals surface area contributed by atoms with E-state index in [0.717, 1.165) is 30.6 Å². The number of aldehydes is 1. The van der Waals surface area contributed by atoms with E-state index in [1.165, 1.54) is 11.6 Å². The number of allylic oxidation sites excluding steroid dienone is 1. The fourth-order valence-electron chi connectivity index (χ4n) is 1.44. The maximum absolute atomic E-state index is 10.1. The maximum Gasteiger partial charge on any atom is 0.142 e. The van der Waals surface area contributed by atoms with Gasteiger partial charge in [0.2, 0.25) is 0 Å². The molecule has 1 aromatic carbocycles. The Morgan fingerprint density at radius 3 is 3.15 bits per heavy atom.